The van der Waals surface area contributed by atoms with Gasteiger partial charge in [0, 0.05) is 33.7 Å². The van der Waals surface area contributed by atoms with Crippen LogP contribution in [0.15, 0.2) is 76.3 Å². The predicted octanol–water partition coefficient (Wildman–Crippen LogP) is 4.74. The Balaban J connectivity index is 1.60. The van der Waals surface area contributed by atoms with E-state index in [1.807, 2.05) is 36.5 Å². The number of carbonyl (C=O) groups is 1. The van der Waals surface area contributed by atoms with Crippen LogP contribution in [0.1, 0.15) is 17.2 Å². The molecule has 5 heteroatoms. The van der Waals surface area contributed by atoms with Crippen LogP contribution < -0.4 is 5.32 Å². The minimum absolute atomic E-state index is 0.0947. The predicted molar refractivity (Wildman–Crippen MR) is 112 cm³/mol. The second kappa shape index (κ2) is 6.35. The third kappa shape index (κ3) is 2.84. The van der Waals surface area contributed by atoms with Gasteiger partial charge in [-0.1, -0.05) is 58.4 Å². The maximum atomic E-state index is 12.5. The number of carbonyl (C=O) groups excluding carboxylic acids is 1. The van der Waals surface area contributed by atoms with Gasteiger partial charge < -0.3 is 10.3 Å². The quantitative estimate of drug-likeness (QED) is 0.485. The smallest absolute Gasteiger partial charge is 0.270 e. The maximum Gasteiger partial charge on any atom is 0.270 e. The zero-order chi connectivity index (χ0) is 18.4. The van der Waals surface area contributed by atoms with Crippen molar-refractivity contribution in [2.45, 2.75) is 6.04 Å². The Hall–Kier alpha value is -2.92. The van der Waals surface area contributed by atoms with Crippen molar-refractivity contribution in [1.29, 1.82) is 0 Å². The van der Waals surface area contributed by atoms with E-state index >= 15 is 0 Å². The molecule has 4 nitrogen and oxygen atoms in total. The molecule has 0 fully saturated rings. The maximum absolute atomic E-state index is 12.5. The van der Waals surface area contributed by atoms with E-state index < -0.39 is 0 Å². The molecule has 27 heavy (non-hydrogen) atoms. The molecule has 1 aliphatic rings. The molecule has 132 valence electrons. The Labute approximate surface area is 164 Å². The third-order valence-corrected chi connectivity index (χ3v) is 5.51. The van der Waals surface area contributed by atoms with E-state index in [9.17, 15) is 4.79 Å². The van der Waals surface area contributed by atoms with Crippen LogP contribution in [-0.4, -0.2) is 23.1 Å². The zero-order valence-corrected chi connectivity index (χ0v) is 16.0. The molecule has 0 saturated heterocycles. The van der Waals surface area contributed by atoms with Gasteiger partial charge in [0.1, 0.15) is 5.71 Å². The summed E-state index contributed by atoms with van der Waals surface area (Å²) in [6.07, 6.45) is 1.86. The van der Waals surface area contributed by atoms with Gasteiger partial charge in [0.15, 0.2) is 0 Å². The van der Waals surface area contributed by atoms with Crippen molar-refractivity contribution in [3.63, 3.8) is 0 Å². The fourth-order valence-corrected chi connectivity index (χ4v) is 3.99. The van der Waals surface area contributed by atoms with Crippen LogP contribution >= 0.6 is 15.9 Å². The number of amides is 1. The van der Waals surface area contributed by atoms with Crippen LogP contribution in [0.25, 0.3) is 21.7 Å². The lowest BCUT2D eigenvalue weighted by Crippen LogP contribution is -2.39. The summed E-state index contributed by atoms with van der Waals surface area (Å²) in [5.41, 5.74) is 3.39. The standard InChI is InChI=1S/C22H16BrN3O/c23-16-7-8-17-18(11-24-19(17)10-16)21-22(27)25-12-20(26-21)15-6-5-13-3-1-2-4-14(13)9-15/h1-11,20,24H,12H2,(H,25,27)/t20-/m0/s1. The van der Waals surface area contributed by atoms with E-state index in [0.717, 1.165) is 26.5 Å². The lowest BCUT2D eigenvalue weighted by molar-refractivity contribution is -0.115. The van der Waals surface area contributed by atoms with Gasteiger partial charge in [0.2, 0.25) is 0 Å². The van der Waals surface area contributed by atoms with E-state index in [0.29, 0.717) is 12.3 Å². The normalized spacial score (nSPS) is 17.1. The Morgan fingerprint density at radius 3 is 2.74 bits per heavy atom. The second-order valence-electron chi connectivity index (χ2n) is 6.70. The van der Waals surface area contributed by atoms with Gasteiger partial charge in [0.25, 0.3) is 5.91 Å². The fourth-order valence-electron chi connectivity index (χ4n) is 3.63. The monoisotopic (exact) mass is 417 g/mol. The van der Waals surface area contributed by atoms with Crippen molar-refractivity contribution < 1.29 is 4.79 Å². The number of rotatable bonds is 2. The summed E-state index contributed by atoms with van der Waals surface area (Å²) in [6, 6.07) is 20.5. The van der Waals surface area contributed by atoms with Crippen LogP contribution in [0, 0.1) is 0 Å². The Kier molecular flexibility index (Phi) is 3.83. The number of aromatic nitrogens is 1. The summed E-state index contributed by atoms with van der Waals surface area (Å²) >= 11 is 3.48. The van der Waals surface area contributed by atoms with Gasteiger partial charge in [-0.3, -0.25) is 9.79 Å². The van der Waals surface area contributed by atoms with Crippen molar-refractivity contribution in [3.8, 4) is 0 Å². The van der Waals surface area contributed by atoms with E-state index in [2.05, 4.69) is 56.6 Å². The molecule has 0 aliphatic carbocycles. The molecule has 3 aromatic carbocycles. The number of benzene rings is 3. The Morgan fingerprint density at radius 2 is 1.85 bits per heavy atom. The number of hydrogen-bond acceptors (Lipinski definition) is 2. The highest BCUT2D eigenvalue weighted by Gasteiger charge is 2.25. The molecular weight excluding hydrogens is 402 g/mol. The van der Waals surface area contributed by atoms with E-state index in [4.69, 9.17) is 4.99 Å². The van der Waals surface area contributed by atoms with Crippen LogP contribution in [-0.2, 0) is 4.79 Å². The molecule has 2 heterocycles. The number of aromatic amines is 1. The first-order valence-corrected chi connectivity index (χ1v) is 9.60. The van der Waals surface area contributed by atoms with E-state index in [1.54, 1.807) is 0 Å². The second-order valence-corrected chi connectivity index (χ2v) is 7.62. The summed E-state index contributed by atoms with van der Waals surface area (Å²) in [5.74, 6) is -0.129. The molecular formula is C22H16BrN3O. The molecule has 1 aromatic heterocycles. The largest absolute Gasteiger partial charge is 0.360 e. The summed E-state index contributed by atoms with van der Waals surface area (Å²) in [6.45, 7) is 0.509. The molecule has 0 saturated carbocycles. The average molecular weight is 418 g/mol. The van der Waals surface area contributed by atoms with Crippen molar-refractivity contribution in [2.24, 2.45) is 4.99 Å². The Bertz CT molecular complexity index is 1220. The first kappa shape index (κ1) is 16.3. The van der Waals surface area contributed by atoms with Gasteiger partial charge in [-0.05, 0) is 34.5 Å². The minimum Gasteiger partial charge on any atom is -0.360 e. The highest BCUT2D eigenvalue weighted by atomic mass is 79.9. The highest BCUT2D eigenvalue weighted by molar-refractivity contribution is 9.10. The SMILES string of the molecule is O=C1NC[C@@H](c2ccc3ccccc3c2)N=C1c1c[nH]c2cc(Br)ccc12. The zero-order valence-electron chi connectivity index (χ0n) is 14.4. The molecule has 1 aliphatic heterocycles. The van der Waals surface area contributed by atoms with Crippen LogP contribution in [0.3, 0.4) is 0 Å². The number of nitrogens with one attached hydrogen (secondary N) is 2. The summed E-state index contributed by atoms with van der Waals surface area (Å²) in [7, 11) is 0. The number of hydrogen-bond donors (Lipinski definition) is 2. The van der Waals surface area contributed by atoms with Gasteiger partial charge in [-0.15, -0.1) is 0 Å². The first-order valence-electron chi connectivity index (χ1n) is 8.81. The topological polar surface area (TPSA) is 57.2 Å². The molecule has 0 radical (unpaired) electrons. The van der Waals surface area contributed by atoms with Crippen molar-refractivity contribution in [2.75, 3.05) is 6.54 Å². The highest BCUT2D eigenvalue weighted by Crippen LogP contribution is 2.28. The van der Waals surface area contributed by atoms with Crippen LogP contribution in [0.2, 0.25) is 0 Å². The lowest BCUT2D eigenvalue weighted by Gasteiger charge is -2.21. The van der Waals surface area contributed by atoms with Crippen molar-refractivity contribution in [3.05, 3.63) is 82.5 Å². The van der Waals surface area contributed by atoms with Gasteiger partial charge in [-0.25, -0.2) is 0 Å². The fraction of sp³-hybridized carbons (Fsp3) is 0.0909. The summed E-state index contributed by atoms with van der Waals surface area (Å²) in [4.78, 5) is 20.6. The first-order chi connectivity index (χ1) is 13.2. The number of halogens is 1. The van der Waals surface area contributed by atoms with Crippen molar-refractivity contribution in [1.82, 2.24) is 10.3 Å². The lowest BCUT2D eigenvalue weighted by atomic mass is 9.99. The molecule has 1 amide bonds. The average Bonchev–Trinajstić information content (AvgIpc) is 3.11. The van der Waals surface area contributed by atoms with Gasteiger partial charge >= 0.3 is 0 Å². The van der Waals surface area contributed by atoms with Crippen LogP contribution in [0.4, 0.5) is 0 Å². The molecule has 4 aromatic rings. The van der Waals surface area contributed by atoms with E-state index in [1.165, 1.54) is 10.8 Å². The molecule has 0 bridgehead atoms. The summed E-state index contributed by atoms with van der Waals surface area (Å²) in [5, 5.41) is 6.37. The third-order valence-electron chi connectivity index (χ3n) is 5.01. The number of aliphatic imine (C=N–C) groups is 1. The molecule has 5 rings (SSSR count). The molecule has 0 spiro atoms. The minimum atomic E-state index is -0.129. The van der Waals surface area contributed by atoms with Crippen molar-refractivity contribution >= 4 is 49.2 Å². The number of H-pyrrole nitrogens is 1. The van der Waals surface area contributed by atoms with Gasteiger partial charge in [0.05, 0.1) is 6.04 Å². The van der Waals surface area contributed by atoms with E-state index in [-0.39, 0.29) is 11.9 Å². The van der Waals surface area contributed by atoms with Crippen LogP contribution in [0.5, 0.6) is 0 Å². The molecule has 1 atom stereocenters. The number of fused-ring (bicyclic) bond motifs is 2. The molecule has 0 unspecified atom stereocenters. The van der Waals surface area contributed by atoms with Gasteiger partial charge in [-0.2, -0.15) is 0 Å². The summed E-state index contributed by atoms with van der Waals surface area (Å²) < 4.78 is 0.993. The Morgan fingerprint density at radius 1 is 1.00 bits per heavy atom. The number of nitrogens with zero attached hydrogens (tertiary/aromatic N) is 1. The molecule has 2 N–H and O–H groups in total.